The molecular formula is C9H10N4O3. The number of hydrogen-bond acceptors (Lipinski definition) is 4. The van der Waals surface area contributed by atoms with Gasteiger partial charge in [0.2, 0.25) is 0 Å². The molecule has 0 radical (unpaired) electrons. The Morgan fingerprint density at radius 3 is 2.69 bits per heavy atom. The van der Waals surface area contributed by atoms with Crippen LogP contribution in [0.15, 0.2) is 18.3 Å². The maximum Gasteiger partial charge on any atom is 0.325 e. The summed E-state index contributed by atoms with van der Waals surface area (Å²) in [6.45, 7) is 0.827. The van der Waals surface area contributed by atoms with Gasteiger partial charge in [0.1, 0.15) is 6.54 Å². The number of rotatable bonds is 3. The Hall–Kier alpha value is -2.18. The number of aliphatic carboxylic acids is 1. The molecule has 0 fully saturated rings. The van der Waals surface area contributed by atoms with E-state index in [1.165, 1.54) is 6.20 Å². The van der Waals surface area contributed by atoms with Gasteiger partial charge in [0, 0.05) is 13.1 Å². The van der Waals surface area contributed by atoms with Gasteiger partial charge in [-0.3, -0.25) is 9.59 Å². The summed E-state index contributed by atoms with van der Waals surface area (Å²) in [5.41, 5.74) is 0.171. The lowest BCUT2D eigenvalue weighted by atomic mass is 10.4. The van der Waals surface area contributed by atoms with Crippen molar-refractivity contribution in [2.45, 2.75) is 6.54 Å². The molecule has 7 nitrogen and oxygen atoms in total. The fraction of sp³-hybridized carbons (Fsp3) is 0.333. The molecule has 0 bridgehead atoms. The highest BCUT2D eigenvalue weighted by molar-refractivity contribution is 5.92. The molecule has 84 valence electrons. The van der Waals surface area contributed by atoms with Gasteiger partial charge in [-0.1, -0.05) is 17.4 Å². The molecule has 0 atom stereocenters. The average Bonchev–Trinajstić information content (AvgIpc) is 2.84. The van der Waals surface area contributed by atoms with Crippen molar-refractivity contribution < 1.29 is 14.7 Å². The van der Waals surface area contributed by atoms with Crippen LogP contribution in [-0.2, 0) is 11.3 Å². The van der Waals surface area contributed by atoms with Crippen molar-refractivity contribution in [2.75, 3.05) is 13.1 Å². The Morgan fingerprint density at radius 2 is 2.06 bits per heavy atom. The molecule has 16 heavy (non-hydrogen) atoms. The fourth-order valence-electron chi connectivity index (χ4n) is 1.42. The quantitative estimate of drug-likeness (QED) is 0.688. The molecule has 0 aliphatic carbocycles. The highest BCUT2D eigenvalue weighted by Crippen LogP contribution is 2.05. The normalized spacial score (nSPS) is 14.4. The van der Waals surface area contributed by atoms with Gasteiger partial charge in [0.05, 0.1) is 6.20 Å². The predicted molar refractivity (Wildman–Crippen MR) is 52.7 cm³/mol. The third-order valence-corrected chi connectivity index (χ3v) is 2.16. The van der Waals surface area contributed by atoms with Gasteiger partial charge in [-0.25, -0.2) is 4.68 Å². The maximum absolute atomic E-state index is 11.8. The molecule has 0 aromatic carbocycles. The summed E-state index contributed by atoms with van der Waals surface area (Å²) in [6.07, 6.45) is 5.12. The summed E-state index contributed by atoms with van der Waals surface area (Å²) in [5.74, 6) is -1.26. The SMILES string of the molecule is O=C(O)Cn1cc(C(=O)N2CC=CC2)nn1. The highest BCUT2D eigenvalue weighted by Gasteiger charge is 2.19. The molecule has 2 rings (SSSR count). The van der Waals surface area contributed by atoms with Crippen LogP contribution in [0.3, 0.4) is 0 Å². The van der Waals surface area contributed by atoms with Crippen LogP contribution in [0, 0.1) is 0 Å². The molecule has 7 heteroatoms. The first-order valence-electron chi connectivity index (χ1n) is 4.73. The number of aromatic nitrogens is 3. The minimum Gasteiger partial charge on any atom is -0.480 e. The van der Waals surface area contributed by atoms with E-state index in [0.717, 1.165) is 4.68 Å². The van der Waals surface area contributed by atoms with Crippen LogP contribution in [0.4, 0.5) is 0 Å². The molecule has 1 aromatic heterocycles. The standard InChI is InChI=1S/C9H10N4O3/c14-8(15)6-13-5-7(10-11-13)9(16)12-3-1-2-4-12/h1-2,5H,3-4,6H2,(H,14,15). The van der Waals surface area contributed by atoms with E-state index in [-0.39, 0.29) is 18.1 Å². The Labute approximate surface area is 91.0 Å². The van der Waals surface area contributed by atoms with Crippen LogP contribution in [0.5, 0.6) is 0 Å². The number of carboxylic acid groups (broad SMARTS) is 1. The lowest BCUT2D eigenvalue weighted by molar-refractivity contribution is -0.137. The van der Waals surface area contributed by atoms with Crippen molar-refractivity contribution in [1.82, 2.24) is 19.9 Å². The first kappa shape index (κ1) is 10.3. The summed E-state index contributed by atoms with van der Waals surface area (Å²) in [6, 6.07) is 0. The van der Waals surface area contributed by atoms with E-state index >= 15 is 0 Å². The molecule has 2 heterocycles. The van der Waals surface area contributed by atoms with Crippen LogP contribution < -0.4 is 0 Å². The second-order valence-electron chi connectivity index (χ2n) is 3.38. The smallest absolute Gasteiger partial charge is 0.325 e. The minimum absolute atomic E-state index is 0.171. The van der Waals surface area contributed by atoms with Crippen LogP contribution in [0.2, 0.25) is 0 Å². The highest BCUT2D eigenvalue weighted by atomic mass is 16.4. The molecule has 0 saturated heterocycles. The minimum atomic E-state index is -1.02. The number of carbonyl (C=O) groups excluding carboxylic acids is 1. The summed E-state index contributed by atoms with van der Waals surface area (Å²) in [5, 5.41) is 15.7. The lowest BCUT2D eigenvalue weighted by Gasteiger charge is -2.12. The predicted octanol–water partition coefficient (Wildman–Crippen LogP) is -0.625. The Balaban J connectivity index is 2.06. The van der Waals surface area contributed by atoms with Crippen molar-refractivity contribution in [1.29, 1.82) is 0 Å². The van der Waals surface area contributed by atoms with E-state index in [9.17, 15) is 9.59 Å². The number of amides is 1. The van der Waals surface area contributed by atoms with Gasteiger partial charge in [0.25, 0.3) is 5.91 Å². The molecular weight excluding hydrogens is 212 g/mol. The number of carboxylic acids is 1. The van der Waals surface area contributed by atoms with Gasteiger partial charge < -0.3 is 10.0 Å². The monoisotopic (exact) mass is 222 g/mol. The molecule has 0 spiro atoms. The molecule has 1 N–H and O–H groups in total. The van der Waals surface area contributed by atoms with E-state index in [2.05, 4.69) is 10.3 Å². The Bertz CT molecular complexity index is 443. The summed E-state index contributed by atoms with van der Waals surface area (Å²) >= 11 is 0. The van der Waals surface area contributed by atoms with Crippen molar-refractivity contribution in [3.63, 3.8) is 0 Å². The van der Waals surface area contributed by atoms with Crippen LogP contribution in [0.1, 0.15) is 10.5 Å². The van der Waals surface area contributed by atoms with Gasteiger partial charge in [-0.15, -0.1) is 5.10 Å². The Kier molecular flexibility index (Phi) is 2.67. The van der Waals surface area contributed by atoms with Gasteiger partial charge >= 0.3 is 5.97 Å². The maximum atomic E-state index is 11.8. The second kappa shape index (κ2) is 4.13. The zero-order valence-corrected chi connectivity index (χ0v) is 8.41. The zero-order valence-electron chi connectivity index (χ0n) is 8.41. The summed E-state index contributed by atoms with van der Waals surface area (Å²) in [4.78, 5) is 23.8. The molecule has 1 aliphatic rings. The largest absolute Gasteiger partial charge is 0.480 e. The zero-order chi connectivity index (χ0) is 11.5. The van der Waals surface area contributed by atoms with Crippen LogP contribution in [-0.4, -0.2) is 50.0 Å². The van der Waals surface area contributed by atoms with Gasteiger partial charge in [0.15, 0.2) is 5.69 Å². The van der Waals surface area contributed by atoms with Crippen molar-refractivity contribution in [3.05, 3.63) is 24.0 Å². The van der Waals surface area contributed by atoms with Crippen LogP contribution >= 0.6 is 0 Å². The third kappa shape index (κ3) is 2.08. The molecule has 1 amide bonds. The van der Waals surface area contributed by atoms with Crippen molar-refractivity contribution in [3.8, 4) is 0 Å². The van der Waals surface area contributed by atoms with E-state index in [1.54, 1.807) is 4.90 Å². The molecule has 1 aromatic rings. The summed E-state index contributed by atoms with van der Waals surface area (Å²) < 4.78 is 1.12. The third-order valence-electron chi connectivity index (χ3n) is 2.16. The number of nitrogens with zero attached hydrogens (tertiary/aromatic N) is 4. The van der Waals surface area contributed by atoms with Crippen LogP contribution in [0.25, 0.3) is 0 Å². The first-order valence-corrected chi connectivity index (χ1v) is 4.73. The number of carbonyl (C=O) groups is 2. The molecule has 1 aliphatic heterocycles. The van der Waals surface area contributed by atoms with Gasteiger partial charge in [-0.2, -0.15) is 0 Å². The fourth-order valence-corrected chi connectivity index (χ4v) is 1.42. The van der Waals surface area contributed by atoms with E-state index in [1.807, 2.05) is 12.2 Å². The average molecular weight is 222 g/mol. The molecule has 0 unspecified atom stereocenters. The van der Waals surface area contributed by atoms with E-state index < -0.39 is 5.97 Å². The summed E-state index contributed by atoms with van der Waals surface area (Å²) in [7, 11) is 0. The van der Waals surface area contributed by atoms with Crippen molar-refractivity contribution in [2.24, 2.45) is 0 Å². The Morgan fingerprint density at radius 1 is 1.38 bits per heavy atom. The second-order valence-corrected chi connectivity index (χ2v) is 3.38. The van der Waals surface area contributed by atoms with E-state index in [4.69, 9.17) is 5.11 Å². The van der Waals surface area contributed by atoms with Crippen molar-refractivity contribution >= 4 is 11.9 Å². The number of hydrogen-bond donors (Lipinski definition) is 1. The van der Waals surface area contributed by atoms with E-state index in [0.29, 0.717) is 13.1 Å². The van der Waals surface area contributed by atoms with Gasteiger partial charge in [-0.05, 0) is 0 Å². The molecule has 0 saturated carbocycles. The first-order chi connectivity index (χ1) is 7.66. The lowest BCUT2D eigenvalue weighted by Crippen LogP contribution is -2.28. The topological polar surface area (TPSA) is 88.3 Å².